The number of amides is 1. The third kappa shape index (κ3) is 4.26. The number of nitrogen functional groups attached to an aromatic ring is 1. The van der Waals surface area contributed by atoms with Crippen LogP contribution in [0.5, 0.6) is 0 Å². The molecule has 1 amide bonds. The van der Waals surface area contributed by atoms with Gasteiger partial charge in [0.1, 0.15) is 5.82 Å². The fourth-order valence-electron chi connectivity index (χ4n) is 3.85. The number of nitrogens with two attached hydrogens (primary N) is 2. The Kier molecular flexibility index (Phi) is 5.26. The molecule has 9 nitrogen and oxygen atoms in total. The van der Waals surface area contributed by atoms with Crippen molar-refractivity contribution in [3.8, 4) is 11.3 Å². The second-order valence-electron chi connectivity index (χ2n) is 8.09. The normalized spacial score (nSPS) is 15.9. The van der Waals surface area contributed by atoms with Gasteiger partial charge in [-0.15, -0.1) is 11.8 Å². The van der Waals surface area contributed by atoms with Gasteiger partial charge in [0.15, 0.2) is 0 Å². The van der Waals surface area contributed by atoms with E-state index < -0.39 is 10.0 Å². The molecule has 2 aliphatic rings. The first-order valence-electron chi connectivity index (χ1n) is 10.3. The van der Waals surface area contributed by atoms with E-state index in [4.69, 9.17) is 10.9 Å². The Morgan fingerprint density at radius 2 is 1.85 bits per heavy atom. The Balaban J connectivity index is 1.56. The van der Waals surface area contributed by atoms with Crippen molar-refractivity contribution in [3.63, 3.8) is 0 Å². The Labute approximate surface area is 195 Å². The van der Waals surface area contributed by atoms with Crippen LogP contribution < -0.4 is 21.1 Å². The molecule has 1 aliphatic carbocycles. The zero-order valence-corrected chi connectivity index (χ0v) is 19.4. The first kappa shape index (κ1) is 21.7. The molecule has 1 aromatic heterocycles. The highest BCUT2D eigenvalue weighted by atomic mass is 32.2. The van der Waals surface area contributed by atoms with Gasteiger partial charge in [0, 0.05) is 28.8 Å². The van der Waals surface area contributed by atoms with E-state index in [1.807, 2.05) is 18.2 Å². The van der Waals surface area contributed by atoms with Gasteiger partial charge in [-0.25, -0.2) is 18.5 Å². The van der Waals surface area contributed by atoms with E-state index in [-0.39, 0.29) is 22.7 Å². The summed E-state index contributed by atoms with van der Waals surface area (Å²) >= 11 is 1.52. The number of aromatic nitrogens is 2. The number of rotatable bonds is 5. The molecule has 0 saturated heterocycles. The highest BCUT2D eigenvalue weighted by Crippen LogP contribution is 2.48. The lowest BCUT2D eigenvalue weighted by Gasteiger charge is -2.26. The molecule has 0 unspecified atom stereocenters. The van der Waals surface area contributed by atoms with E-state index in [0.29, 0.717) is 17.3 Å². The van der Waals surface area contributed by atoms with Gasteiger partial charge in [-0.05, 0) is 49.1 Å². The molecule has 0 radical (unpaired) electrons. The topological polar surface area (TPSA) is 144 Å². The summed E-state index contributed by atoms with van der Waals surface area (Å²) in [7, 11) is -2.02. The third-order valence-corrected chi connectivity index (χ3v) is 7.69. The molecular formula is C22H22N6O3S2. The minimum atomic E-state index is -3.79. The van der Waals surface area contributed by atoms with Gasteiger partial charge < -0.3 is 16.0 Å². The van der Waals surface area contributed by atoms with Gasteiger partial charge in [0.05, 0.1) is 22.0 Å². The van der Waals surface area contributed by atoms with Crippen molar-refractivity contribution >= 4 is 50.8 Å². The van der Waals surface area contributed by atoms with Crippen LogP contribution in [0.25, 0.3) is 11.3 Å². The van der Waals surface area contributed by atoms with Gasteiger partial charge in [-0.2, -0.15) is 4.98 Å². The molecular weight excluding hydrogens is 460 g/mol. The van der Waals surface area contributed by atoms with Crippen LogP contribution in [0, 0.1) is 0 Å². The zero-order valence-electron chi connectivity index (χ0n) is 17.8. The quantitative estimate of drug-likeness (QED) is 0.503. The molecule has 0 spiro atoms. The van der Waals surface area contributed by atoms with Crippen LogP contribution in [0.3, 0.4) is 0 Å². The lowest BCUT2D eigenvalue weighted by molar-refractivity contribution is -0.116. The number of carbonyl (C=O) groups is 1. The number of benzene rings is 2. The molecule has 5 rings (SSSR count). The summed E-state index contributed by atoms with van der Waals surface area (Å²) in [6, 6.07) is 12.1. The predicted molar refractivity (Wildman–Crippen MR) is 129 cm³/mol. The molecule has 0 atom stereocenters. The van der Waals surface area contributed by atoms with Crippen molar-refractivity contribution in [2.45, 2.75) is 28.6 Å². The molecule has 170 valence electrons. The van der Waals surface area contributed by atoms with Crippen LogP contribution in [0.4, 0.5) is 23.1 Å². The summed E-state index contributed by atoms with van der Waals surface area (Å²) in [6.45, 7) is 0. The molecule has 3 aromatic rings. The Hall–Kier alpha value is -3.15. The molecule has 1 fully saturated rings. The van der Waals surface area contributed by atoms with Crippen molar-refractivity contribution in [1.82, 2.24) is 9.97 Å². The van der Waals surface area contributed by atoms with Gasteiger partial charge in [0.25, 0.3) is 0 Å². The maximum Gasteiger partial charge on any atom is 0.238 e. The number of anilines is 4. The fourth-order valence-corrected chi connectivity index (χ4v) is 5.35. The maximum absolute atomic E-state index is 12.1. The molecule has 1 aliphatic heterocycles. The summed E-state index contributed by atoms with van der Waals surface area (Å²) in [4.78, 5) is 23.8. The number of nitrogens with one attached hydrogen (secondary N) is 1. The number of nitrogens with zero attached hydrogens (tertiary/aromatic N) is 3. The number of fused-ring (bicyclic) bond motifs is 1. The third-order valence-electron chi connectivity index (χ3n) is 5.71. The van der Waals surface area contributed by atoms with Gasteiger partial charge in [-0.1, -0.05) is 12.1 Å². The van der Waals surface area contributed by atoms with Crippen LogP contribution in [0.15, 0.2) is 52.3 Å². The zero-order chi connectivity index (χ0) is 23.3. The Bertz CT molecular complexity index is 1370. The molecule has 11 heteroatoms. The average molecular weight is 483 g/mol. The molecule has 1 saturated carbocycles. The number of hydrogen-bond acceptors (Lipinski definition) is 8. The van der Waals surface area contributed by atoms with E-state index in [1.165, 1.54) is 23.9 Å². The first-order valence-corrected chi connectivity index (χ1v) is 12.8. The fraction of sp³-hybridized carbons (Fsp3) is 0.227. The summed E-state index contributed by atoms with van der Waals surface area (Å²) in [5.41, 5.74) is 10.0. The van der Waals surface area contributed by atoms with Crippen molar-refractivity contribution in [2.75, 3.05) is 28.8 Å². The van der Waals surface area contributed by atoms with Gasteiger partial charge in [-0.3, -0.25) is 4.79 Å². The summed E-state index contributed by atoms with van der Waals surface area (Å²) in [5, 5.41) is 8.60. The lowest BCUT2D eigenvalue weighted by atomic mass is 10.0. The molecule has 2 heterocycles. The molecule has 33 heavy (non-hydrogen) atoms. The summed E-state index contributed by atoms with van der Waals surface area (Å²) in [6.07, 6.45) is 2.00. The minimum absolute atomic E-state index is 0.0326. The highest BCUT2D eigenvalue weighted by Gasteiger charge is 2.32. The van der Waals surface area contributed by atoms with E-state index in [1.54, 1.807) is 24.1 Å². The monoisotopic (exact) mass is 482 g/mol. The number of hydrogen-bond donors (Lipinski definition) is 3. The summed E-state index contributed by atoms with van der Waals surface area (Å²) in [5.74, 6) is 1.47. The number of primary sulfonamides is 1. The lowest BCUT2D eigenvalue weighted by Crippen LogP contribution is -2.31. The smallest absolute Gasteiger partial charge is 0.238 e. The van der Waals surface area contributed by atoms with Crippen molar-refractivity contribution in [2.24, 2.45) is 5.14 Å². The Morgan fingerprint density at radius 3 is 2.52 bits per heavy atom. The number of carbonyl (C=O) groups excluding carboxylic acids is 1. The second-order valence-corrected chi connectivity index (χ2v) is 10.7. The van der Waals surface area contributed by atoms with E-state index in [2.05, 4.69) is 15.3 Å². The van der Waals surface area contributed by atoms with Crippen molar-refractivity contribution < 1.29 is 13.2 Å². The first-order chi connectivity index (χ1) is 15.7. The molecule has 5 N–H and O–H groups in total. The standard InChI is InChI=1S/C22H22N6O3S2/c1-28-16-10-14(6-9-17(16)32-11-18(28)29)25-21-19(12-2-3-12)20(26-22(23)27-21)13-4-7-15(8-5-13)33(24,30)31/h4-10,12H,2-3,11H2,1H3,(H2,24,30,31)(H3,23,25,26,27). The van der Waals surface area contributed by atoms with Crippen molar-refractivity contribution in [1.29, 1.82) is 0 Å². The Morgan fingerprint density at radius 1 is 1.12 bits per heavy atom. The molecule has 2 aromatic carbocycles. The maximum atomic E-state index is 12.1. The average Bonchev–Trinajstić information content (AvgIpc) is 3.61. The number of sulfonamides is 1. The van der Waals surface area contributed by atoms with E-state index >= 15 is 0 Å². The van der Waals surface area contributed by atoms with Gasteiger partial charge in [0.2, 0.25) is 21.9 Å². The largest absolute Gasteiger partial charge is 0.368 e. The van der Waals surface area contributed by atoms with Crippen LogP contribution >= 0.6 is 11.8 Å². The minimum Gasteiger partial charge on any atom is -0.368 e. The van der Waals surface area contributed by atoms with Crippen molar-refractivity contribution in [3.05, 3.63) is 48.0 Å². The van der Waals surface area contributed by atoms with E-state index in [9.17, 15) is 13.2 Å². The second kappa shape index (κ2) is 8.01. The van der Waals surface area contributed by atoms with Crippen LogP contribution in [0.1, 0.15) is 24.3 Å². The van der Waals surface area contributed by atoms with Crippen LogP contribution in [-0.4, -0.2) is 37.1 Å². The highest BCUT2D eigenvalue weighted by molar-refractivity contribution is 8.00. The number of thioether (sulfide) groups is 1. The SMILES string of the molecule is CN1C(=O)CSc2ccc(Nc3nc(N)nc(-c4ccc(S(N)(=O)=O)cc4)c3C3CC3)cc21. The van der Waals surface area contributed by atoms with Crippen LogP contribution in [-0.2, 0) is 14.8 Å². The van der Waals surface area contributed by atoms with Crippen LogP contribution in [0.2, 0.25) is 0 Å². The molecule has 0 bridgehead atoms. The predicted octanol–water partition coefficient (Wildman–Crippen LogP) is 3.06. The van der Waals surface area contributed by atoms with Gasteiger partial charge >= 0.3 is 0 Å². The van der Waals surface area contributed by atoms with E-state index in [0.717, 1.165) is 40.2 Å². The summed E-state index contributed by atoms with van der Waals surface area (Å²) < 4.78 is 23.2.